The minimum atomic E-state index is 0.0109. The molecule has 1 saturated carbocycles. The minimum absolute atomic E-state index is 0.0109. The van der Waals surface area contributed by atoms with E-state index in [4.69, 9.17) is 9.26 Å². The molecule has 0 aromatic carbocycles. The zero-order chi connectivity index (χ0) is 14.4. The summed E-state index contributed by atoms with van der Waals surface area (Å²) in [5.41, 5.74) is 0.469. The molecule has 21 heavy (non-hydrogen) atoms. The van der Waals surface area contributed by atoms with Crippen molar-refractivity contribution in [1.82, 2.24) is 10.1 Å². The van der Waals surface area contributed by atoms with E-state index >= 15 is 0 Å². The first-order valence-corrected chi connectivity index (χ1v) is 8.69. The van der Waals surface area contributed by atoms with E-state index in [-0.39, 0.29) is 10.7 Å². The molecular formula is C15H20N2O3S. The second-order valence-electron chi connectivity index (χ2n) is 6.33. The van der Waals surface area contributed by atoms with Crippen LogP contribution in [0.15, 0.2) is 10.6 Å². The molecule has 6 heteroatoms. The third-order valence-corrected chi connectivity index (χ3v) is 6.13. The smallest absolute Gasteiger partial charge is 0.276 e. The third kappa shape index (κ3) is 2.48. The van der Waals surface area contributed by atoms with Crippen molar-refractivity contribution in [2.45, 2.75) is 43.0 Å². The maximum atomic E-state index is 12.4. The average molecular weight is 308 g/mol. The van der Waals surface area contributed by atoms with Gasteiger partial charge in [-0.1, -0.05) is 5.16 Å². The standard InChI is InChI=1S/C15H20N2O3S/c1-2-19-11-6-15(21-7-11)8-17(9-15)14(18)12-5-13(20-16-12)10-3-4-10/h5,10-11H,2-4,6-9H2,1H3/t11-/m0/s1. The Kier molecular flexibility index (Phi) is 3.26. The van der Waals surface area contributed by atoms with Gasteiger partial charge in [-0.25, -0.2) is 0 Å². The Balaban J connectivity index is 1.35. The Hall–Kier alpha value is -1.01. The molecule has 3 aliphatic rings. The molecule has 3 heterocycles. The number of hydrogen-bond donors (Lipinski definition) is 0. The molecule has 0 bridgehead atoms. The van der Waals surface area contributed by atoms with Crippen LogP contribution in [0.1, 0.15) is 48.4 Å². The monoisotopic (exact) mass is 308 g/mol. The number of thioether (sulfide) groups is 1. The Morgan fingerprint density at radius 1 is 1.57 bits per heavy atom. The summed E-state index contributed by atoms with van der Waals surface area (Å²) in [5, 5.41) is 3.94. The van der Waals surface area contributed by atoms with Crippen LogP contribution in [0.25, 0.3) is 0 Å². The summed E-state index contributed by atoms with van der Waals surface area (Å²) >= 11 is 1.95. The number of nitrogens with zero attached hydrogens (tertiary/aromatic N) is 2. The number of carbonyl (C=O) groups excluding carboxylic acids is 1. The highest BCUT2D eigenvalue weighted by molar-refractivity contribution is 8.01. The van der Waals surface area contributed by atoms with Gasteiger partial charge >= 0.3 is 0 Å². The lowest BCUT2D eigenvalue weighted by Gasteiger charge is -2.47. The number of amides is 1. The summed E-state index contributed by atoms with van der Waals surface area (Å²) in [6.07, 6.45) is 3.73. The highest BCUT2D eigenvalue weighted by Gasteiger charge is 2.51. The average Bonchev–Trinajstić information content (AvgIpc) is 3.01. The van der Waals surface area contributed by atoms with E-state index in [0.29, 0.717) is 17.7 Å². The van der Waals surface area contributed by atoms with E-state index in [2.05, 4.69) is 5.16 Å². The fourth-order valence-corrected chi connectivity index (χ4v) is 4.82. The van der Waals surface area contributed by atoms with Gasteiger partial charge in [0.2, 0.25) is 0 Å². The number of hydrogen-bond acceptors (Lipinski definition) is 5. The van der Waals surface area contributed by atoms with Crippen molar-refractivity contribution >= 4 is 17.7 Å². The lowest BCUT2D eigenvalue weighted by atomic mass is 9.92. The minimum Gasteiger partial charge on any atom is -0.378 e. The quantitative estimate of drug-likeness (QED) is 0.854. The first-order valence-electron chi connectivity index (χ1n) is 7.70. The molecule has 1 aromatic rings. The first-order chi connectivity index (χ1) is 10.2. The van der Waals surface area contributed by atoms with E-state index in [9.17, 15) is 4.79 Å². The van der Waals surface area contributed by atoms with Crippen LogP contribution in [0.3, 0.4) is 0 Å². The van der Waals surface area contributed by atoms with Gasteiger partial charge in [0.1, 0.15) is 5.76 Å². The SMILES string of the molecule is CCO[C@@H]1CSC2(C1)CN(C(=O)c1cc(C3CC3)on1)C2. The molecule has 1 atom stereocenters. The summed E-state index contributed by atoms with van der Waals surface area (Å²) in [6, 6.07) is 1.83. The largest absolute Gasteiger partial charge is 0.378 e. The normalized spacial score (nSPS) is 27.1. The van der Waals surface area contributed by atoms with E-state index in [1.807, 2.05) is 29.7 Å². The van der Waals surface area contributed by atoms with Gasteiger partial charge in [0, 0.05) is 37.4 Å². The number of ether oxygens (including phenoxy) is 1. The molecular weight excluding hydrogens is 288 g/mol. The van der Waals surface area contributed by atoms with E-state index in [1.54, 1.807) is 0 Å². The van der Waals surface area contributed by atoms with Crippen LogP contribution >= 0.6 is 11.8 Å². The van der Waals surface area contributed by atoms with Crippen molar-refractivity contribution in [2.24, 2.45) is 0 Å². The van der Waals surface area contributed by atoms with Gasteiger partial charge < -0.3 is 14.2 Å². The highest BCUT2D eigenvalue weighted by atomic mass is 32.2. The summed E-state index contributed by atoms with van der Waals surface area (Å²) in [7, 11) is 0. The Bertz CT molecular complexity index is 549. The van der Waals surface area contributed by atoms with Crippen LogP contribution in [-0.4, -0.2) is 52.3 Å². The fourth-order valence-electron chi connectivity index (χ4n) is 3.27. The van der Waals surface area contributed by atoms with Crippen LogP contribution in [0.4, 0.5) is 0 Å². The molecule has 0 radical (unpaired) electrons. The molecule has 5 nitrogen and oxygen atoms in total. The summed E-state index contributed by atoms with van der Waals surface area (Å²) < 4.78 is 11.2. The van der Waals surface area contributed by atoms with Crippen molar-refractivity contribution in [3.8, 4) is 0 Å². The highest BCUT2D eigenvalue weighted by Crippen LogP contribution is 2.46. The topological polar surface area (TPSA) is 55.6 Å². The molecule has 0 N–H and O–H groups in total. The van der Waals surface area contributed by atoms with Gasteiger partial charge in [0.05, 0.1) is 10.9 Å². The van der Waals surface area contributed by atoms with Gasteiger partial charge in [-0.3, -0.25) is 4.79 Å². The molecule has 1 spiro atoms. The number of aromatic nitrogens is 1. The van der Waals surface area contributed by atoms with Crippen molar-refractivity contribution in [3.05, 3.63) is 17.5 Å². The van der Waals surface area contributed by atoms with Crippen molar-refractivity contribution in [1.29, 1.82) is 0 Å². The summed E-state index contributed by atoms with van der Waals surface area (Å²) in [6.45, 7) is 4.43. The molecule has 4 rings (SSSR count). The second kappa shape index (κ2) is 5.02. The Morgan fingerprint density at radius 3 is 3.10 bits per heavy atom. The molecule has 0 unspecified atom stereocenters. The van der Waals surface area contributed by atoms with Crippen molar-refractivity contribution < 1.29 is 14.1 Å². The summed E-state index contributed by atoms with van der Waals surface area (Å²) in [5.74, 6) is 2.43. The van der Waals surface area contributed by atoms with Crippen molar-refractivity contribution in [3.63, 3.8) is 0 Å². The van der Waals surface area contributed by atoms with Crippen LogP contribution in [0, 0.1) is 0 Å². The number of rotatable bonds is 4. The molecule has 2 aliphatic heterocycles. The first kappa shape index (κ1) is 13.6. The van der Waals surface area contributed by atoms with Gasteiger partial charge in [-0.2, -0.15) is 0 Å². The van der Waals surface area contributed by atoms with Crippen LogP contribution in [-0.2, 0) is 4.74 Å². The fraction of sp³-hybridized carbons (Fsp3) is 0.733. The van der Waals surface area contributed by atoms with Gasteiger partial charge in [0.15, 0.2) is 5.69 Å². The molecule has 1 aromatic heterocycles. The maximum Gasteiger partial charge on any atom is 0.276 e. The van der Waals surface area contributed by atoms with Crippen LogP contribution in [0.5, 0.6) is 0 Å². The Morgan fingerprint density at radius 2 is 2.38 bits per heavy atom. The van der Waals surface area contributed by atoms with Crippen LogP contribution < -0.4 is 0 Å². The van der Waals surface area contributed by atoms with Crippen molar-refractivity contribution in [2.75, 3.05) is 25.4 Å². The molecule has 1 aliphatic carbocycles. The summed E-state index contributed by atoms with van der Waals surface area (Å²) in [4.78, 5) is 14.3. The predicted molar refractivity (Wildman–Crippen MR) is 79.6 cm³/mol. The number of likely N-dealkylation sites (tertiary alicyclic amines) is 1. The molecule has 114 valence electrons. The number of carbonyl (C=O) groups is 1. The van der Waals surface area contributed by atoms with E-state index in [0.717, 1.165) is 50.5 Å². The van der Waals surface area contributed by atoms with Gasteiger partial charge in [-0.05, 0) is 26.2 Å². The zero-order valence-electron chi connectivity index (χ0n) is 12.2. The lowest BCUT2D eigenvalue weighted by Crippen LogP contribution is -2.60. The predicted octanol–water partition coefficient (Wildman–Crippen LogP) is 2.29. The lowest BCUT2D eigenvalue weighted by molar-refractivity contribution is 0.0353. The van der Waals surface area contributed by atoms with Crippen LogP contribution in [0.2, 0.25) is 0 Å². The third-order valence-electron chi connectivity index (χ3n) is 4.55. The molecule has 3 fully saturated rings. The Labute approximate surface area is 128 Å². The second-order valence-corrected chi connectivity index (χ2v) is 7.81. The maximum absolute atomic E-state index is 12.4. The molecule has 2 saturated heterocycles. The van der Waals surface area contributed by atoms with E-state index in [1.165, 1.54) is 0 Å². The molecule has 1 amide bonds. The van der Waals surface area contributed by atoms with Gasteiger partial charge in [0.25, 0.3) is 5.91 Å². The van der Waals surface area contributed by atoms with E-state index < -0.39 is 0 Å². The zero-order valence-corrected chi connectivity index (χ0v) is 13.0. The van der Waals surface area contributed by atoms with Gasteiger partial charge in [-0.15, -0.1) is 11.8 Å².